The van der Waals surface area contributed by atoms with Gasteiger partial charge < -0.3 is 5.11 Å². The van der Waals surface area contributed by atoms with E-state index < -0.39 is 5.97 Å². The molecule has 0 aliphatic carbocycles. The number of carboxylic acid groups (broad SMARTS) is 1. The minimum atomic E-state index is -0.927. The standard InChI is InChI=1S/C8H8N2O2S2/c1-4-3-5-10(9-4)6(7(11)12)8(13-2)14-5/h3H,1-2H3,(H,11,12). The smallest absolute Gasteiger partial charge is 0.356 e. The lowest BCUT2D eigenvalue weighted by molar-refractivity contribution is 0.0684. The molecule has 2 heterocycles. The Labute approximate surface area is 88.6 Å². The first-order chi connectivity index (χ1) is 6.63. The Bertz CT molecular complexity index is 501. The van der Waals surface area contributed by atoms with Crippen LogP contribution < -0.4 is 0 Å². The van der Waals surface area contributed by atoms with Crippen molar-refractivity contribution < 1.29 is 9.90 Å². The number of hydrogen-bond acceptors (Lipinski definition) is 4. The fourth-order valence-electron chi connectivity index (χ4n) is 1.25. The third kappa shape index (κ3) is 1.31. The highest BCUT2D eigenvalue weighted by Crippen LogP contribution is 2.31. The molecule has 0 amide bonds. The van der Waals surface area contributed by atoms with Crippen LogP contribution >= 0.6 is 23.1 Å². The Morgan fingerprint density at radius 1 is 1.71 bits per heavy atom. The maximum absolute atomic E-state index is 11.0. The van der Waals surface area contributed by atoms with Gasteiger partial charge in [0.05, 0.1) is 9.90 Å². The highest BCUT2D eigenvalue weighted by atomic mass is 32.2. The van der Waals surface area contributed by atoms with Gasteiger partial charge in [0.2, 0.25) is 0 Å². The van der Waals surface area contributed by atoms with Gasteiger partial charge in [0, 0.05) is 0 Å². The minimum Gasteiger partial charge on any atom is -0.476 e. The summed E-state index contributed by atoms with van der Waals surface area (Å²) in [6, 6.07) is 1.89. The molecule has 2 rings (SSSR count). The summed E-state index contributed by atoms with van der Waals surface area (Å²) in [5, 5.41) is 13.2. The summed E-state index contributed by atoms with van der Waals surface area (Å²) in [7, 11) is 0. The summed E-state index contributed by atoms with van der Waals surface area (Å²) in [6.45, 7) is 1.85. The Kier molecular flexibility index (Phi) is 2.24. The lowest BCUT2D eigenvalue weighted by atomic mass is 10.5. The lowest BCUT2D eigenvalue weighted by Crippen LogP contribution is -2.03. The minimum absolute atomic E-state index is 0.269. The van der Waals surface area contributed by atoms with Crippen LogP contribution in [-0.4, -0.2) is 26.9 Å². The molecule has 0 atom stereocenters. The first-order valence-electron chi connectivity index (χ1n) is 3.90. The van der Waals surface area contributed by atoms with E-state index >= 15 is 0 Å². The maximum Gasteiger partial charge on any atom is 0.356 e. The second kappa shape index (κ2) is 3.29. The third-order valence-electron chi connectivity index (χ3n) is 1.79. The number of hydrogen-bond donors (Lipinski definition) is 1. The fraction of sp³-hybridized carbons (Fsp3) is 0.250. The summed E-state index contributed by atoms with van der Waals surface area (Å²) in [5.41, 5.74) is 1.11. The zero-order valence-corrected chi connectivity index (χ0v) is 9.28. The van der Waals surface area contributed by atoms with Crippen molar-refractivity contribution >= 4 is 33.9 Å². The Hall–Kier alpha value is -1.01. The quantitative estimate of drug-likeness (QED) is 0.800. The predicted octanol–water partition coefficient (Wildman–Crippen LogP) is 2.12. The zero-order chi connectivity index (χ0) is 10.3. The Morgan fingerprint density at radius 2 is 2.43 bits per heavy atom. The molecule has 4 nitrogen and oxygen atoms in total. The van der Waals surface area contributed by atoms with E-state index in [4.69, 9.17) is 5.11 Å². The molecule has 74 valence electrons. The van der Waals surface area contributed by atoms with Crippen molar-refractivity contribution in [3.8, 4) is 0 Å². The van der Waals surface area contributed by atoms with Crippen LogP contribution in [0.3, 0.4) is 0 Å². The molecule has 0 spiro atoms. The van der Waals surface area contributed by atoms with Crippen LogP contribution in [0.15, 0.2) is 10.3 Å². The number of carboxylic acids is 1. The molecule has 0 aromatic carbocycles. The van der Waals surface area contributed by atoms with E-state index in [0.717, 1.165) is 14.7 Å². The maximum atomic E-state index is 11.0. The van der Waals surface area contributed by atoms with E-state index in [0.29, 0.717) is 0 Å². The second-order valence-electron chi connectivity index (χ2n) is 2.78. The highest BCUT2D eigenvalue weighted by Gasteiger charge is 2.19. The first kappa shape index (κ1) is 9.54. The number of aryl methyl sites for hydroxylation is 1. The van der Waals surface area contributed by atoms with Crippen LogP contribution in [0.4, 0.5) is 0 Å². The van der Waals surface area contributed by atoms with Gasteiger partial charge in [-0.15, -0.1) is 23.1 Å². The van der Waals surface area contributed by atoms with E-state index in [2.05, 4.69) is 5.10 Å². The molecule has 6 heteroatoms. The molecule has 0 saturated heterocycles. The number of nitrogens with zero attached hydrogens (tertiary/aromatic N) is 2. The van der Waals surface area contributed by atoms with Gasteiger partial charge >= 0.3 is 5.97 Å². The molecule has 0 bridgehead atoms. The summed E-state index contributed by atoms with van der Waals surface area (Å²) in [5.74, 6) is -0.927. The van der Waals surface area contributed by atoms with Crippen molar-refractivity contribution in [1.82, 2.24) is 9.61 Å². The van der Waals surface area contributed by atoms with Crippen molar-refractivity contribution in [3.63, 3.8) is 0 Å². The normalized spacial score (nSPS) is 11.0. The van der Waals surface area contributed by atoms with Gasteiger partial charge in [0.15, 0.2) is 5.69 Å². The van der Waals surface area contributed by atoms with Crippen molar-refractivity contribution in [2.24, 2.45) is 0 Å². The third-order valence-corrected chi connectivity index (χ3v) is 3.98. The van der Waals surface area contributed by atoms with Crippen molar-refractivity contribution in [2.45, 2.75) is 11.1 Å². The number of rotatable bonds is 2. The van der Waals surface area contributed by atoms with Gasteiger partial charge in [0.1, 0.15) is 4.83 Å². The highest BCUT2D eigenvalue weighted by molar-refractivity contribution is 8.00. The largest absolute Gasteiger partial charge is 0.476 e. The molecule has 14 heavy (non-hydrogen) atoms. The van der Waals surface area contributed by atoms with Crippen LogP contribution in [0.5, 0.6) is 0 Å². The molecule has 0 aliphatic heterocycles. The average Bonchev–Trinajstić information content (AvgIpc) is 2.58. The number of thioether (sulfide) groups is 1. The van der Waals surface area contributed by atoms with Crippen LogP contribution in [0.25, 0.3) is 4.83 Å². The fourth-order valence-corrected chi connectivity index (χ4v) is 3.12. The summed E-state index contributed by atoms with van der Waals surface area (Å²) in [4.78, 5) is 11.9. The molecule has 0 fully saturated rings. The van der Waals surface area contributed by atoms with Crippen LogP contribution in [0, 0.1) is 6.92 Å². The SMILES string of the molecule is CSc1sc2cc(C)nn2c1C(=O)O. The van der Waals surface area contributed by atoms with Gasteiger partial charge in [-0.3, -0.25) is 0 Å². The van der Waals surface area contributed by atoms with E-state index in [9.17, 15) is 4.79 Å². The molecular formula is C8H8N2O2S2. The average molecular weight is 228 g/mol. The van der Waals surface area contributed by atoms with Gasteiger partial charge in [-0.25, -0.2) is 9.31 Å². The van der Waals surface area contributed by atoms with Gasteiger partial charge in [-0.1, -0.05) is 0 Å². The Balaban J connectivity index is 2.77. The van der Waals surface area contributed by atoms with Crippen LogP contribution in [0.1, 0.15) is 16.2 Å². The molecule has 0 unspecified atom stereocenters. The van der Waals surface area contributed by atoms with Gasteiger partial charge in [0.25, 0.3) is 0 Å². The molecule has 1 N–H and O–H groups in total. The Morgan fingerprint density at radius 3 is 3.00 bits per heavy atom. The molecule has 0 aliphatic rings. The van der Waals surface area contributed by atoms with Crippen LogP contribution in [-0.2, 0) is 0 Å². The number of thiazole rings is 1. The number of aromatic carboxylic acids is 1. The van der Waals surface area contributed by atoms with Crippen LogP contribution in [0.2, 0.25) is 0 Å². The van der Waals surface area contributed by atoms with Gasteiger partial charge in [-0.05, 0) is 19.2 Å². The predicted molar refractivity (Wildman–Crippen MR) is 56.5 cm³/mol. The van der Waals surface area contributed by atoms with E-state index in [-0.39, 0.29) is 5.69 Å². The van der Waals surface area contributed by atoms with Crippen molar-refractivity contribution in [3.05, 3.63) is 17.5 Å². The molecule has 2 aromatic heterocycles. The van der Waals surface area contributed by atoms with E-state index in [1.165, 1.54) is 27.6 Å². The first-order valence-corrected chi connectivity index (χ1v) is 5.94. The number of fused-ring (bicyclic) bond motifs is 1. The topological polar surface area (TPSA) is 54.6 Å². The lowest BCUT2D eigenvalue weighted by Gasteiger charge is -1.93. The molecule has 0 radical (unpaired) electrons. The van der Waals surface area contributed by atoms with E-state index in [1.807, 2.05) is 19.2 Å². The molecule has 0 saturated carbocycles. The van der Waals surface area contributed by atoms with E-state index in [1.54, 1.807) is 0 Å². The molecular weight excluding hydrogens is 220 g/mol. The second-order valence-corrected chi connectivity index (χ2v) is 4.89. The summed E-state index contributed by atoms with van der Waals surface area (Å²) < 4.78 is 2.29. The summed E-state index contributed by atoms with van der Waals surface area (Å²) >= 11 is 2.89. The number of carbonyl (C=O) groups is 1. The summed E-state index contributed by atoms with van der Waals surface area (Å²) in [6.07, 6.45) is 1.87. The number of aromatic nitrogens is 2. The van der Waals surface area contributed by atoms with Crippen molar-refractivity contribution in [2.75, 3.05) is 6.26 Å². The zero-order valence-electron chi connectivity index (χ0n) is 7.64. The van der Waals surface area contributed by atoms with Gasteiger partial charge in [-0.2, -0.15) is 5.10 Å². The molecule has 2 aromatic rings. The van der Waals surface area contributed by atoms with Crippen molar-refractivity contribution in [1.29, 1.82) is 0 Å². The monoisotopic (exact) mass is 228 g/mol.